The van der Waals surface area contributed by atoms with E-state index in [1.165, 1.54) is 6.92 Å². The van der Waals surface area contributed by atoms with Crippen molar-refractivity contribution in [2.24, 2.45) is 5.92 Å². The van der Waals surface area contributed by atoms with Crippen molar-refractivity contribution in [3.8, 4) is 5.75 Å². The van der Waals surface area contributed by atoms with Gasteiger partial charge in [-0.15, -0.1) is 6.58 Å². The number of amides is 3. The van der Waals surface area contributed by atoms with Gasteiger partial charge in [0, 0.05) is 25.8 Å². The second kappa shape index (κ2) is 19.9. The fourth-order valence-electron chi connectivity index (χ4n) is 4.18. The molecule has 0 spiro atoms. The molecule has 1 rings (SSSR count). The molecule has 3 N–H and O–H groups in total. The molecule has 0 aromatic heterocycles. The molecule has 0 unspecified atom stereocenters. The summed E-state index contributed by atoms with van der Waals surface area (Å²) in [6.07, 6.45) is 4.63. The van der Waals surface area contributed by atoms with Crippen molar-refractivity contribution in [1.29, 1.82) is 0 Å². The maximum atomic E-state index is 13.5. The summed E-state index contributed by atoms with van der Waals surface area (Å²) in [5, 5.41) is 8.26. The van der Waals surface area contributed by atoms with E-state index in [-0.39, 0.29) is 37.0 Å². The van der Waals surface area contributed by atoms with E-state index in [9.17, 15) is 24.0 Å². The standard InChI is InChI=1S/C32H47N3O8/c1-7-11-26(21-41-22-36)35-30(39)25(12-9-10-17-33-31(40)43-32(4,5)6)20-29(38)28(34-23(3)37)19-24-13-15-27(16-14-24)42-18-8-2/h7-8,13-16,22,25-26,28H,1-2,9-12,17-21H2,3-6H3,(H,33,40)(H,34,37)(H,35,39)/t25-,26-,28-/m0/s1. The lowest BCUT2D eigenvalue weighted by Gasteiger charge is -2.24. The number of benzene rings is 1. The molecular formula is C32H47N3O8. The Morgan fingerprint density at radius 3 is 2.28 bits per heavy atom. The Hall–Kier alpha value is -4.15. The van der Waals surface area contributed by atoms with E-state index in [0.29, 0.717) is 51.1 Å². The van der Waals surface area contributed by atoms with Crippen LogP contribution in [-0.4, -0.2) is 67.6 Å². The number of unbranched alkanes of at least 4 members (excludes halogenated alkanes) is 1. The van der Waals surface area contributed by atoms with Crippen LogP contribution in [-0.2, 0) is 35.1 Å². The van der Waals surface area contributed by atoms with Gasteiger partial charge in [-0.3, -0.25) is 19.2 Å². The molecule has 43 heavy (non-hydrogen) atoms. The molecular weight excluding hydrogens is 554 g/mol. The molecule has 11 heteroatoms. The number of rotatable bonds is 21. The van der Waals surface area contributed by atoms with E-state index < -0.39 is 29.7 Å². The lowest BCUT2D eigenvalue weighted by Crippen LogP contribution is -2.45. The summed E-state index contributed by atoms with van der Waals surface area (Å²) in [6, 6.07) is 5.83. The van der Waals surface area contributed by atoms with Gasteiger partial charge in [-0.25, -0.2) is 4.79 Å². The number of ketones is 1. The van der Waals surface area contributed by atoms with Gasteiger partial charge in [0.05, 0.1) is 12.1 Å². The number of alkyl carbamates (subject to hydrolysis) is 1. The van der Waals surface area contributed by atoms with Gasteiger partial charge in [0.15, 0.2) is 5.78 Å². The molecule has 0 heterocycles. The Morgan fingerprint density at radius 1 is 1.00 bits per heavy atom. The van der Waals surface area contributed by atoms with E-state index in [0.717, 1.165) is 5.56 Å². The topological polar surface area (TPSA) is 149 Å². The third-order valence-corrected chi connectivity index (χ3v) is 6.13. The maximum absolute atomic E-state index is 13.5. The summed E-state index contributed by atoms with van der Waals surface area (Å²) in [4.78, 5) is 61.4. The normalized spacial score (nSPS) is 12.9. The number of carbonyl (C=O) groups excluding carboxylic acids is 5. The first-order valence-corrected chi connectivity index (χ1v) is 14.4. The second-order valence-corrected chi connectivity index (χ2v) is 11.2. The molecule has 238 valence electrons. The lowest BCUT2D eigenvalue weighted by atomic mass is 9.90. The van der Waals surface area contributed by atoms with Crippen LogP contribution in [0.5, 0.6) is 5.75 Å². The van der Waals surface area contributed by atoms with Gasteiger partial charge >= 0.3 is 6.09 Å². The number of hydrogen-bond acceptors (Lipinski definition) is 8. The predicted molar refractivity (Wildman–Crippen MR) is 163 cm³/mol. The van der Waals surface area contributed by atoms with Crippen molar-refractivity contribution in [3.63, 3.8) is 0 Å². The summed E-state index contributed by atoms with van der Waals surface area (Å²) in [5.41, 5.74) is 0.193. The van der Waals surface area contributed by atoms with Crippen molar-refractivity contribution in [3.05, 3.63) is 55.1 Å². The molecule has 0 aliphatic heterocycles. The molecule has 3 atom stereocenters. The Labute approximate surface area is 254 Å². The largest absolute Gasteiger partial charge is 0.490 e. The zero-order valence-electron chi connectivity index (χ0n) is 25.8. The van der Waals surface area contributed by atoms with E-state index >= 15 is 0 Å². The van der Waals surface area contributed by atoms with Crippen LogP contribution >= 0.6 is 0 Å². The minimum atomic E-state index is -0.844. The Morgan fingerprint density at radius 2 is 1.70 bits per heavy atom. The number of carbonyl (C=O) groups is 5. The highest BCUT2D eigenvalue weighted by atomic mass is 16.6. The summed E-state index contributed by atoms with van der Waals surface area (Å²) in [5.74, 6) is -1.10. The van der Waals surface area contributed by atoms with Gasteiger partial charge in [0.1, 0.15) is 24.6 Å². The smallest absolute Gasteiger partial charge is 0.407 e. The first-order valence-electron chi connectivity index (χ1n) is 14.4. The van der Waals surface area contributed by atoms with Gasteiger partial charge in [0.25, 0.3) is 6.47 Å². The number of hydrogen-bond donors (Lipinski definition) is 3. The molecule has 0 aliphatic rings. The average molecular weight is 602 g/mol. The van der Waals surface area contributed by atoms with Crippen molar-refractivity contribution < 1.29 is 38.2 Å². The molecule has 0 fully saturated rings. The zero-order chi connectivity index (χ0) is 32.3. The zero-order valence-corrected chi connectivity index (χ0v) is 25.8. The van der Waals surface area contributed by atoms with Crippen LogP contribution in [0.25, 0.3) is 0 Å². The van der Waals surface area contributed by atoms with Crippen molar-refractivity contribution in [1.82, 2.24) is 16.0 Å². The first kappa shape index (κ1) is 36.9. The van der Waals surface area contributed by atoms with Crippen LogP contribution in [0.4, 0.5) is 4.79 Å². The van der Waals surface area contributed by atoms with Crippen LogP contribution in [0.1, 0.15) is 65.4 Å². The monoisotopic (exact) mass is 601 g/mol. The van der Waals surface area contributed by atoms with Crippen molar-refractivity contribution in [2.75, 3.05) is 19.8 Å². The second-order valence-electron chi connectivity index (χ2n) is 11.2. The average Bonchev–Trinajstić information content (AvgIpc) is 2.93. The molecule has 0 saturated carbocycles. The van der Waals surface area contributed by atoms with E-state index in [4.69, 9.17) is 14.2 Å². The minimum absolute atomic E-state index is 0.0389. The van der Waals surface area contributed by atoms with E-state index in [1.807, 2.05) is 12.1 Å². The van der Waals surface area contributed by atoms with E-state index in [2.05, 4.69) is 29.1 Å². The number of ether oxygens (including phenoxy) is 3. The molecule has 0 bridgehead atoms. The SMILES string of the molecule is C=CCOc1ccc(C[C@H](NC(C)=O)C(=O)C[C@H](CCCCNC(=O)OC(C)(C)C)C(=O)N[C@@H](CC=C)COC=O)cc1. The fourth-order valence-corrected chi connectivity index (χ4v) is 4.18. The maximum Gasteiger partial charge on any atom is 0.407 e. The molecule has 3 amide bonds. The lowest BCUT2D eigenvalue weighted by molar-refractivity contribution is -0.134. The quantitative estimate of drug-likeness (QED) is 0.109. The number of nitrogens with one attached hydrogen (secondary N) is 3. The summed E-state index contributed by atoms with van der Waals surface area (Å²) < 4.78 is 15.6. The summed E-state index contributed by atoms with van der Waals surface area (Å²) in [7, 11) is 0. The summed E-state index contributed by atoms with van der Waals surface area (Å²) in [6.45, 7) is 14.9. The Balaban J connectivity index is 2.98. The van der Waals surface area contributed by atoms with Gasteiger partial charge in [-0.1, -0.05) is 37.3 Å². The highest BCUT2D eigenvalue weighted by Gasteiger charge is 2.28. The van der Waals surface area contributed by atoms with Gasteiger partial charge in [-0.05, 0) is 64.2 Å². The van der Waals surface area contributed by atoms with Crippen molar-refractivity contribution >= 4 is 30.2 Å². The molecule has 1 aromatic carbocycles. The van der Waals surface area contributed by atoms with E-state index in [1.54, 1.807) is 45.1 Å². The van der Waals surface area contributed by atoms with Gasteiger partial charge in [-0.2, -0.15) is 0 Å². The molecule has 11 nitrogen and oxygen atoms in total. The summed E-state index contributed by atoms with van der Waals surface area (Å²) >= 11 is 0. The Bertz CT molecular complexity index is 1070. The Kier molecular flexibility index (Phi) is 17.0. The number of Topliss-reactive ketones (excluding diaryl/α,β-unsaturated/α-hetero) is 1. The highest BCUT2D eigenvalue weighted by Crippen LogP contribution is 2.19. The van der Waals surface area contributed by atoms with Gasteiger partial charge < -0.3 is 30.2 Å². The third kappa shape index (κ3) is 16.8. The predicted octanol–water partition coefficient (Wildman–Crippen LogP) is 3.80. The third-order valence-electron chi connectivity index (χ3n) is 6.13. The first-order chi connectivity index (χ1) is 20.4. The van der Waals surface area contributed by atoms with Crippen LogP contribution in [0.3, 0.4) is 0 Å². The van der Waals surface area contributed by atoms with Crippen LogP contribution in [0, 0.1) is 5.92 Å². The van der Waals surface area contributed by atoms with Gasteiger partial charge in [0.2, 0.25) is 11.8 Å². The minimum Gasteiger partial charge on any atom is -0.490 e. The molecule has 1 aromatic rings. The van der Waals surface area contributed by atoms with Crippen molar-refractivity contribution in [2.45, 2.75) is 83.9 Å². The highest BCUT2D eigenvalue weighted by molar-refractivity contribution is 5.92. The fraction of sp³-hybridized carbons (Fsp3) is 0.531. The molecule has 0 saturated heterocycles. The molecule has 0 radical (unpaired) electrons. The van der Waals surface area contributed by atoms with Crippen LogP contribution in [0.15, 0.2) is 49.6 Å². The van der Waals surface area contributed by atoms with Crippen LogP contribution in [0.2, 0.25) is 0 Å². The molecule has 0 aliphatic carbocycles. The van der Waals surface area contributed by atoms with Crippen LogP contribution < -0.4 is 20.7 Å².